The van der Waals surface area contributed by atoms with Gasteiger partial charge < -0.3 is 4.98 Å². The van der Waals surface area contributed by atoms with Gasteiger partial charge in [-0.1, -0.05) is 60.7 Å². The lowest BCUT2D eigenvalue weighted by Crippen LogP contribution is -2.21. The zero-order valence-electron chi connectivity index (χ0n) is 18.1. The third kappa shape index (κ3) is 3.65. The van der Waals surface area contributed by atoms with Crippen LogP contribution in [0.5, 0.6) is 0 Å². The molecule has 0 spiro atoms. The molecule has 0 aliphatic carbocycles. The molecule has 2 aromatic carbocycles. The SMILES string of the molecule is C=c1c(-c2nc3c(-c4cccc(C)c4)cccc3[nH]2)n[nH]/c1=C/C=C(\C)c1cccnc1. The van der Waals surface area contributed by atoms with Gasteiger partial charge in [-0.05, 0) is 48.8 Å². The predicted molar refractivity (Wildman–Crippen MR) is 131 cm³/mol. The number of nitrogens with one attached hydrogen (secondary N) is 2. The molecule has 156 valence electrons. The van der Waals surface area contributed by atoms with Crippen LogP contribution >= 0.6 is 0 Å². The van der Waals surface area contributed by atoms with Gasteiger partial charge in [-0.2, -0.15) is 5.10 Å². The Kier molecular flexibility index (Phi) is 5.00. The molecule has 5 heteroatoms. The smallest absolute Gasteiger partial charge is 0.159 e. The van der Waals surface area contributed by atoms with Gasteiger partial charge in [0.25, 0.3) is 0 Å². The monoisotopic (exact) mass is 417 g/mol. The number of hydrogen-bond acceptors (Lipinski definition) is 3. The van der Waals surface area contributed by atoms with Gasteiger partial charge in [-0.3, -0.25) is 10.1 Å². The molecule has 0 aliphatic heterocycles. The first-order valence-corrected chi connectivity index (χ1v) is 10.5. The molecule has 0 fully saturated rings. The number of nitrogens with zero attached hydrogens (tertiary/aromatic N) is 3. The third-order valence-corrected chi connectivity index (χ3v) is 5.58. The van der Waals surface area contributed by atoms with Crippen LogP contribution in [-0.2, 0) is 0 Å². The minimum atomic E-state index is 0.703. The van der Waals surface area contributed by atoms with Crippen molar-refractivity contribution in [3.63, 3.8) is 0 Å². The molecule has 2 N–H and O–H groups in total. The van der Waals surface area contributed by atoms with Crippen LogP contribution in [0.3, 0.4) is 0 Å². The van der Waals surface area contributed by atoms with E-state index in [9.17, 15) is 0 Å². The Morgan fingerprint density at radius 1 is 1.06 bits per heavy atom. The van der Waals surface area contributed by atoms with Crippen LogP contribution in [0, 0.1) is 6.92 Å². The van der Waals surface area contributed by atoms with Crippen molar-refractivity contribution in [2.24, 2.45) is 0 Å². The first-order valence-electron chi connectivity index (χ1n) is 10.5. The number of fused-ring (bicyclic) bond motifs is 1. The van der Waals surface area contributed by atoms with Crippen molar-refractivity contribution in [2.75, 3.05) is 0 Å². The molecule has 3 aromatic heterocycles. The van der Waals surface area contributed by atoms with Crippen molar-refractivity contribution in [3.05, 3.63) is 94.8 Å². The topological polar surface area (TPSA) is 70.2 Å². The van der Waals surface area contributed by atoms with Gasteiger partial charge in [0, 0.05) is 23.2 Å². The highest BCUT2D eigenvalue weighted by Gasteiger charge is 2.13. The number of aromatic amines is 2. The Labute approximate surface area is 185 Å². The highest BCUT2D eigenvalue weighted by atomic mass is 15.1. The third-order valence-electron chi connectivity index (χ3n) is 5.58. The predicted octanol–water partition coefficient (Wildman–Crippen LogP) is 4.62. The maximum atomic E-state index is 4.89. The van der Waals surface area contributed by atoms with Crippen LogP contribution in [0.1, 0.15) is 18.1 Å². The molecular weight excluding hydrogens is 394 g/mol. The standard InChI is InChI=1S/C27H23N5/c1-17-7-4-8-20(15-17)22-10-5-11-24-26(22)30-27(29-24)25-19(3)23(31-32-25)13-12-18(2)21-9-6-14-28-16-21/h4-16,31H,3H2,1-2H3,(H,29,30)/b18-12+,23-13+. The number of aryl methyl sites for hydroxylation is 1. The number of hydrogen-bond donors (Lipinski definition) is 2. The van der Waals surface area contributed by atoms with E-state index in [1.807, 2.05) is 42.6 Å². The van der Waals surface area contributed by atoms with E-state index < -0.39 is 0 Å². The molecule has 0 amide bonds. The second-order valence-corrected chi connectivity index (χ2v) is 7.88. The molecule has 0 unspecified atom stereocenters. The number of H-pyrrole nitrogens is 2. The van der Waals surface area contributed by atoms with Gasteiger partial charge >= 0.3 is 0 Å². The van der Waals surface area contributed by atoms with E-state index in [-0.39, 0.29) is 0 Å². The summed E-state index contributed by atoms with van der Waals surface area (Å²) < 4.78 is 0. The minimum absolute atomic E-state index is 0.703. The van der Waals surface area contributed by atoms with E-state index >= 15 is 0 Å². The van der Waals surface area contributed by atoms with Crippen molar-refractivity contribution >= 4 is 29.3 Å². The molecule has 0 saturated heterocycles. The largest absolute Gasteiger partial charge is 0.337 e. The highest BCUT2D eigenvalue weighted by Crippen LogP contribution is 2.29. The van der Waals surface area contributed by atoms with E-state index in [4.69, 9.17) is 4.98 Å². The summed E-state index contributed by atoms with van der Waals surface area (Å²) in [6, 6.07) is 18.6. The zero-order valence-corrected chi connectivity index (χ0v) is 18.1. The lowest BCUT2D eigenvalue weighted by atomic mass is 10.0. The molecule has 32 heavy (non-hydrogen) atoms. The van der Waals surface area contributed by atoms with Crippen LogP contribution in [0.15, 0.2) is 73.1 Å². The summed E-state index contributed by atoms with van der Waals surface area (Å²) in [6.07, 6.45) is 7.65. The Morgan fingerprint density at radius 3 is 2.75 bits per heavy atom. The number of pyridine rings is 1. The minimum Gasteiger partial charge on any atom is -0.337 e. The van der Waals surface area contributed by atoms with Gasteiger partial charge in [-0.25, -0.2) is 4.98 Å². The fourth-order valence-electron chi connectivity index (χ4n) is 3.80. The van der Waals surface area contributed by atoms with E-state index in [1.165, 1.54) is 5.56 Å². The molecule has 0 atom stereocenters. The first-order chi connectivity index (χ1) is 15.6. The molecule has 0 radical (unpaired) electrons. The van der Waals surface area contributed by atoms with E-state index in [0.29, 0.717) is 5.82 Å². The lowest BCUT2D eigenvalue weighted by Gasteiger charge is -2.03. The summed E-state index contributed by atoms with van der Waals surface area (Å²) in [6.45, 7) is 8.40. The average Bonchev–Trinajstić information content (AvgIpc) is 3.41. The molecule has 0 aliphatic rings. The lowest BCUT2D eigenvalue weighted by molar-refractivity contribution is 1.06. The van der Waals surface area contributed by atoms with Crippen molar-refractivity contribution in [1.29, 1.82) is 0 Å². The average molecular weight is 418 g/mol. The Hall–Kier alpha value is -4.25. The van der Waals surface area contributed by atoms with Crippen LogP contribution < -0.4 is 10.6 Å². The van der Waals surface area contributed by atoms with Gasteiger partial charge in [0.15, 0.2) is 5.82 Å². The van der Waals surface area contributed by atoms with Gasteiger partial charge in [0.05, 0.1) is 16.4 Å². The second kappa shape index (κ2) is 8.12. The highest BCUT2D eigenvalue weighted by molar-refractivity contribution is 5.93. The zero-order chi connectivity index (χ0) is 22.1. The van der Waals surface area contributed by atoms with Crippen molar-refractivity contribution in [2.45, 2.75) is 13.8 Å². The summed E-state index contributed by atoms with van der Waals surface area (Å²) >= 11 is 0. The molecule has 0 bridgehead atoms. The molecule has 5 aromatic rings. The maximum Gasteiger partial charge on any atom is 0.159 e. The first kappa shape index (κ1) is 19.7. The summed E-state index contributed by atoms with van der Waals surface area (Å²) in [5.74, 6) is 0.703. The normalized spacial score (nSPS) is 12.6. The van der Waals surface area contributed by atoms with Crippen molar-refractivity contribution < 1.29 is 0 Å². The summed E-state index contributed by atoms with van der Waals surface area (Å²) in [5, 5.41) is 9.24. The van der Waals surface area contributed by atoms with E-state index in [1.54, 1.807) is 6.20 Å². The number of para-hydroxylation sites is 1. The Bertz CT molecular complexity index is 1550. The number of benzene rings is 2. The van der Waals surface area contributed by atoms with Gasteiger partial charge in [0.1, 0.15) is 5.69 Å². The van der Waals surface area contributed by atoms with Crippen molar-refractivity contribution in [1.82, 2.24) is 25.1 Å². The molecular formula is C27H23N5. The molecule has 5 rings (SSSR count). The summed E-state index contributed by atoms with van der Waals surface area (Å²) in [4.78, 5) is 12.5. The summed E-state index contributed by atoms with van der Waals surface area (Å²) in [7, 11) is 0. The number of aromatic nitrogens is 5. The van der Waals surface area contributed by atoms with Gasteiger partial charge in [-0.15, -0.1) is 0 Å². The molecule has 5 nitrogen and oxygen atoms in total. The van der Waals surface area contributed by atoms with Crippen LogP contribution in [0.2, 0.25) is 0 Å². The fraction of sp³-hybridized carbons (Fsp3) is 0.0741. The van der Waals surface area contributed by atoms with Gasteiger partial charge in [0.2, 0.25) is 0 Å². The van der Waals surface area contributed by atoms with Crippen LogP contribution in [0.25, 0.3) is 51.9 Å². The Balaban J connectivity index is 1.55. The fourth-order valence-corrected chi connectivity index (χ4v) is 3.80. The van der Waals surface area contributed by atoms with Crippen molar-refractivity contribution in [3.8, 4) is 22.6 Å². The molecule has 0 saturated carbocycles. The molecule has 3 heterocycles. The maximum absolute atomic E-state index is 4.89. The number of allylic oxidation sites excluding steroid dienone is 2. The second-order valence-electron chi connectivity index (χ2n) is 7.88. The van der Waals surface area contributed by atoms with E-state index in [0.717, 1.165) is 49.6 Å². The van der Waals surface area contributed by atoms with E-state index in [2.05, 4.69) is 70.9 Å². The summed E-state index contributed by atoms with van der Waals surface area (Å²) in [5.41, 5.74) is 8.27. The number of rotatable bonds is 4. The van der Waals surface area contributed by atoms with Crippen LogP contribution in [0.4, 0.5) is 0 Å². The number of imidazole rings is 1. The van der Waals surface area contributed by atoms with Crippen LogP contribution in [-0.4, -0.2) is 25.1 Å². The Morgan fingerprint density at radius 2 is 1.94 bits per heavy atom. The quantitative estimate of drug-likeness (QED) is 0.448.